The molecule has 1 fully saturated rings. The second-order valence-corrected chi connectivity index (χ2v) is 7.63. The molecule has 6 nitrogen and oxygen atoms in total. The van der Waals surface area contributed by atoms with Crippen molar-refractivity contribution in [2.24, 2.45) is 11.1 Å². The van der Waals surface area contributed by atoms with Crippen LogP contribution < -0.4 is 11.2 Å². The van der Waals surface area contributed by atoms with Crippen molar-refractivity contribution in [1.29, 1.82) is 0 Å². The first-order valence-electron chi connectivity index (χ1n) is 9.49. The summed E-state index contributed by atoms with van der Waals surface area (Å²) in [6, 6.07) is 6.47. The van der Waals surface area contributed by atoms with Gasteiger partial charge in [0.05, 0.1) is 24.6 Å². The van der Waals surface area contributed by atoms with E-state index < -0.39 is 11.5 Å². The zero-order chi connectivity index (χ0) is 20.2. The third-order valence-corrected chi connectivity index (χ3v) is 6.04. The molecule has 3 atom stereocenters. The molecule has 0 bridgehead atoms. The third-order valence-electron chi connectivity index (χ3n) is 5.81. The van der Waals surface area contributed by atoms with Crippen LogP contribution >= 0.6 is 11.6 Å². The second kappa shape index (κ2) is 9.04. The van der Waals surface area contributed by atoms with Crippen LogP contribution in [-0.2, 0) is 14.4 Å². The van der Waals surface area contributed by atoms with Gasteiger partial charge in [0.25, 0.3) is 5.91 Å². The highest BCUT2D eigenvalue weighted by atomic mass is 35.5. The molecule has 0 aliphatic carbocycles. The summed E-state index contributed by atoms with van der Waals surface area (Å²) >= 11 is 6.18. The van der Waals surface area contributed by atoms with Crippen LogP contribution in [0.3, 0.4) is 0 Å². The number of halogens is 1. The molecule has 3 N–H and O–H groups in total. The summed E-state index contributed by atoms with van der Waals surface area (Å²) < 4.78 is 0. The molecule has 150 valence electrons. The lowest BCUT2D eigenvalue weighted by molar-refractivity contribution is -0.151. The standard InChI is InChI=1S/C20H30ClN3O3/c1-5-20(6-2,19(26)23-27-4)17-11-10-16(24(17)18(25)13(3)22)14-8-7-9-15(21)12-14/h7-9,12-13,16-17H,5-6,10-11,22H2,1-4H3,(H,23,26)/t13-,16+,17-/m1/s1. The van der Waals surface area contributed by atoms with Gasteiger partial charge in [-0.3, -0.25) is 14.4 Å². The largest absolute Gasteiger partial charge is 0.330 e. The molecule has 1 aliphatic rings. The number of likely N-dealkylation sites (tertiary alicyclic amines) is 1. The Kier molecular flexibility index (Phi) is 7.25. The predicted molar refractivity (Wildman–Crippen MR) is 106 cm³/mol. The lowest BCUT2D eigenvalue weighted by Gasteiger charge is -2.43. The van der Waals surface area contributed by atoms with Crippen LogP contribution in [0.1, 0.15) is 58.1 Å². The number of benzene rings is 1. The fourth-order valence-electron chi connectivity index (χ4n) is 4.33. The molecule has 0 aromatic heterocycles. The SMILES string of the molecule is CCC(CC)(C(=O)NOC)[C@H]1CC[C@@H](c2cccc(Cl)c2)N1C(=O)[C@@H](C)N. The van der Waals surface area contributed by atoms with E-state index in [0.717, 1.165) is 12.0 Å². The Bertz CT molecular complexity index is 676. The minimum atomic E-state index is -0.742. The zero-order valence-electron chi connectivity index (χ0n) is 16.5. The van der Waals surface area contributed by atoms with E-state index in [9.17, 15) is 9.59 Å². The minimum Gasteiger partial charge on any atom is -0.330 e. The van der Waals surface area contributed by atoms with Crippen molar-refractivity contribution in [2.45, 2.75) is 64.6 Å². The number of nitrogens with zero attached hydrogens (tertiary/aromatic N) is 1. The van der Waals surface area contributed by atoms with Crippen LogP contribution in [-0.4, -0.2) is 35.9 Å². The van der Waals surface area contributed by atoms with Crippen LogP contribution in [0, 0.1) is 5.41 Å². The molecule has 7 heteroatoms. The Morgan fingerprint density at radius 2 is 2.04 bits per heavy atom. The number of amides is 2. The first kappa shape index (κ1) is 21.7. The van der Waals surface area contributed by atoms with Gasteiger partial charge in [0, 0.05) is 11.1 Å². The fraction of sp³-hybridized carbons (Fsp3) is 0.600. The normalized spacial score (nSPS) is 21.2. The Balaban J connectivity index is 2.51. The van der Waals surface area contributed by atoms with Crippen molar-refractivity contribution in [1.82, 2.24) is 10.4 Å². The molecule has 1 saturated heterocycles. The average molecular weight is 396 g/mol. The van der Waals surface area contributed by atoms with E-state index in [4.69, 9.17) is 22.2 Å². The van der Waals surface area contributed by atoms with Crippen molar-refractivity contribution >= 4 is 23.4 Å². The van der Waals surface area contributed by atoms with Gasteiger partial charge in [-0.15, -0.1) is 0 Å². The van der Waals surface area contributed by atoms with Gasteiger partial charge >= 0.3 is 0 Å². The van der Waals surface area contributed by atoms with Gasteiger partial charge in [-0.1, -0.05) is 37.6 Å². The molecule has 1 aromatic rings. The summed E-state index contributed by atoms with van der Waals surface area (Å²) in [5, 5.41) is 0.624. The van der Waals surface area contributed by atoms with Crippen LogP contribution in [0.5, 0.6) is 0 Å². The summed E-state index contributed by atoms with van der Waals surface area (Å²) in [7, 11) is 1.42. The molecule has 0 spiro atoms. The second-order valence-electron chi connectivity index (χ2n) is 7.20. The van der Waals surface area contributed by atoms with E-state index in [0.29, 0.717) is 24.3 Å². The summed E-state index contributed by atoms with van der Waals surface area (Å²) in [5.41, 5.74) is 8.68. The van der Waals surface area contributed by atoms with E-state index in [1.54, 1.807) is 6.92 Å². The van der Waals surface area contributed by atoms with Crippen molar-refractivity contribution in [3.63, 3.8) is 0 Å². The highest BCUT2D eigenvalue weighted by Crippen LogP contribution is 2.47. The van der Waals surface area contributed by atoms with Crippen molar-refractivity contribution in [3.05, 3.63) is 34.9 Å². The summed E-state index contributed by atoms with van der Waals surface area (Å²) in [6.07, 6.45) is 2.66. The highest BCUT2D eigenvalue weighted by Gasteiger charge is 2.52. The number of nitrogens with one attached hydrogen (secondary N) is 1. The van der Waals surface area contributed by atoms with Crippen molar-refractivity contribution in [2.75, 3.05) is 7.11 Å². The van der Waals surface area contributed by atoms with E-state index in [-0.39, 0.29) is 23.9 Å². The highest BCUT2D eigenvalue weighted by molar-refractivity contribution is 6.30. The molecule has 0 unspecified atom stereocenters. The van der Waals surface area contributed by atoms with E-state index in [2.05, 4.69) is 5.48 Å². The maximum Gasteiger partial charge on any atom is 0.251 e. The maximum atomic E-state index is 13.1. The first-order chi connectivity index (χ1) is 12.8. The van der Waals surface area contributed by atoms with Gasteiger partial charge in [-0.2, -0.15) is 0 Å². The van der Waals surface area contributed by atoms with Gasteiger partial charge in [0.15, 0.2) is 0 Å². The van der Waals surface area contributed by atoms with Gasteiger partial charge in [-0.05, 0) is 50.3 Å². The number of rotatable bonds is 7. The summed E-state index contributed by atoms with van der Waals surface area (Å²) in [6.45, 7) is 5.63. The van der Waals surface area contributed by atoms with Gasteiger partial charge in [0.2, 0.25) is 5.91 Å². The van der Waals surface area contributed by atoms with E-state index in [1.807, 2.05) is 43.0 Å². The molecule has 1 aromatic carbocycles. The number of hydroxylamine groups is 1. The Morgan fingerprint density at radius 3 is 2.56 bits per heavy atom. The molecule has 2 rings (SSSR count). The lowest BCUT2D eigenvalue weighted by atomic mass is 9.73. The predicted octanol–water partition coefficient (Wildman–Crippen LogP) is 3.20. The molecule has 1 aliphatic heterocycles. The lowest BCUT2D eigenvalue weighted by Crippen LogP contribution is -2.56. The number of hydrogen-bond donors (Lipinski definition) is 2. The van der Waals surface area contributed by atoms with Gasteiger partial charge in [0.1, 0.15) is 0 Å². The molecular formula is C20H30ClN3O3. The third kappa shape index (κ3) is 4.13. The number of nitrogens with two attached hydrogens (primary N) is 1. The van der Waals surface area contributed by atoms with Gasteiger partial charge < -0.3 is 10.6 Å². The minimum absolute atomic E-state index is 0.153. The maximum absolute atomic E-state index is 13.1. The topological polar surface area (TPSA) is 84.7 Å². The Hall–Kier alpha value is -1.63. The van der Waals surface area contributed by atoms with Crippen molar-refractivity contribution in [3.8, 4) is 0 Å². The number of hydrogen-bond acceptors (Lipinski definition) is 4. The number of carbonyl (C=O) groups excluding carboxylic acids is 2. The van der Waals surface area contributed by atoms with Crippen LogP contribution in [0.4, 0.5) is 0 Å². The summed E-state index contributed by atoms with van der Waals surface area (Å²) in [5.74, 6) is -0.354. The van der Waals surface area contributed by atoms with Gasteiger partial charge in [-0.25, -0.2) is 5.48 Å². The molecular weight excluding hydrogens is 366 g/mol. The van der Waals surface area contributed by atoms with Crippen molar-refractivity contribution < 1.29 is 14.4 Å². The number of carbonyl (C=O) groups is 2. The molecule has 0 saturated carbocycles. The molecule has 27 heavy (non-hydrogen) atoms. The average Bonchev–Trinajstić information content (AvgIpc) is 3.08. The Morgan fingerprint density at radius 1 is 1.37 bits per heavy atom. The molecule has 2 amide bonds. The van der Waals surface area contributed by atoms with Crippen LogP contribution in [0.15, 0.2) is 24.3 Å². The molecule has 0 radical (unpaired) electrons. The Labute approximate surface area is 166 Å². The van der Waals surface area contributed by atoms with Crippen LogP contribution in [0.2, 0.25) is 5.02 Å². The quantitative estimate of drug-likeness (QED) is 0.694. The fourth-order valence-corrected chi connectivity index (χ4v) is 4.52. The monoisotopic (exact) mass is 395 g/mol. The van der Waals surface area contributed by atoms with Crippen LogP contribution in [0.25, 0.3) is 0 Å². The molecule has 1 heterocycles. The van der Waals surface area contributed by atoms with E-state index in [1.165, 1.54) is 7.11 Å². The summed E-state index contributed by atoms with van der Waals surface area (Å²) in [4.78, 5) is 32.7. The first-order valence-corrected chi connectivity index (χ1v) is 9.86. The van der Waals surface area contributed by atoms with E-state index >= 15 is 0 Å². The smallest absolute Gasteiger partial charge is 0.251 e. The zero-order valence-corrected chi connectivity index (χ0v) is 17.3.